The minimum Gasteiger partial charge on any atom is -0.471 e. The number of benzene rings is 2. The first-order valence-corrected chi connectivity index (χ1v) is 13.1. The summed E-state index contributed by atoms with van der Waals surface area (Å²) in [6.45, 7) is -1.06. The number of aliphatic hydroxyl groups excluding tert-OH is 1. The predicted molar refractivity (Wildman–Crippen MR) is 132 cm³/mol. The van der Waals surface area contributed by atoms with E-state index in [1.54, 1.807) is 0 Å². The molecule has 2 aromatic heterocycles. The molecule has 4 aromatic rings. The molecular formula is C23H19ClF2N4O7S. The van der Waals surface area contributed by atoms with Crippen LogP contribution >= 0.6 is 11.6 Å². The van der Waals surface area contributed by atoms with E-state index in [9.17, 15) is 31.6 Å². The first-order chi connectivity index (χ1) is 17.9. The lowest BCUT2D eigenvalue weighted by Crippen LogP contribution is -2.32. The van der Waals surface area contributed by atoms with Gasteiger partial charge >= 0.3 is 5.69 Å². The van der Waals surface area contributed by atoms with Crippen LogP contribution in [0, 0.1) is 11.6 Å². The zero-order valence-corrected chi connectivity index (χ0v) is 21.2. The molecule has 15 heteroatoms. The zero-order valence-electron chi connectivity index (χ0n) is 19.6. The van der Waals surface area contributed by atoms with Gasteiger partial charge in [0.2, 0.25) is 21.8 Å². The molecule has 0 saturated carbocycles. The van der Waals surface area contributed by atoms with Crippen molar-refractivity contribution in [2.45, 2.75) is 19.6 Å². The lowest BCUT2D eigenvalue weighted by atomic mass is 10.2. The van der Waals surface area contributed by atoms with Crippen molar-refractivity contribution in [2.75, 3.05) is 12.9 Å². The van der Waals surface area contributed by atoms with Crippen LogP contribution in [0.15, 0.2) is 52.3 Å². The molecule has 0 radical (unpaired) electrons. The van der Waals surface area contributed by atoms with Gasteiger partial charge < -0.3 is 9.84 Å². The number of aromatic nitrogens is 4. The standard InChI is InChI=1S/C23H19ClF2N4O7S/c1-38(35,36)30-18-8-13(2-5-17(18)29(23(30)34)19(32)6-7-31)10-28-12-27-21(20(24)22(28)33)37-11-14-3-4-15(25)9-16(14)26/h2-5,8-9,12,31H,6-7,10-11H2,1H3. The highest BCUT2D eigenvalue weighted by atomic mass is 35.5. The normalized spacial score (nSPS) is 11.7. The number of carbonyl (C=O) groups excluding carboxylic acids is 1. The topological polar surface area (TPSA) is 142 Å². The Hall–Kier alpha value is -3.88. The van der Waals surface area contributed by atoms with E-state index in [2.05, 4.69) is 4.98 Å². The summed E-state index contributed by atoms with van der Waals surface area (Å²) in [7, 11) is -4.13. The first kappa shape index (κ1) is 27.2. The Morgan fingerprint density at radius 1 is 1.13 bits per heavy atom. The summed E-state index contributed by atoms with van der Waals surface area (Å²) in [6, 6.07) is 7.05. The maximum absolute atomic E-state index is 13.8. The minimum absolute atomic E-state index is 0.00269. The molecule has 2 aromatic carbocycles. The van der Waals surface area contributed by atoms with Crippen molar-refractivity contribution in [3.63, 3.8) is 0 Å². The first-order valence-electron chi connectivity index (χ1n) is 10.8. The second-order valence-electron chi connectivity index (χ2n) is 8.16. The van der Waals surface area contributed by atoms with E-state index < -0.39 is 56.9 Å². The SMILES string of the molecule is CS(=O)(=O)n1c(=O)n(C(=O)CCO)c2ccc(Cn3cnc(OCc4ccc(F)cc4F)c(Cl)c3=O)cc21. The van der Waals surface area contributed by atoms with E-state index in [-0.39, 0.29) is 35.6 Å². The molecule has 0 aliphatic rings. The highest BCUT2D eigenvalue weighted by Crippen LogP contribution is 2.21. The molecule has 0 bridgehead atoms. The fourth-order valence-corrected chi connectivity index (χ4v) is 4.81. The summed E-state index contributed by atoms with van der Waals surface area (Å²) >= 11 is 6.10. The molecule has 200 valence electrons. The van der Waals surface area contributed by atoms with E-state index in [0.29, 0.717) is 20.2 Å². The van der Waals surface area contributed by atoms with Gasteiger partial charge in [0.1, 0.15) is 24.6 Å². The number of carbonyl (C=O) groups is 1. The van der Waals surface area contributed by atoms with Crippen LogP contribution in [0.3, 0.4) is 0 Å². The molecule has 2 heterocycles. The van der Waals surface area contributed by atoms with Gasteiger partial charge in [0.05, 0.1) is 36.9 Å². The average molecular weight is 569 g/mol. The number of rotatable bonds is 8. The van der Waals surface area contributed by atoms with Crippen LogP contribution in [-0.2, 0) is 23.2 Å². The van der Waals surface area contributed by atoms with Crippen LogP contribution in [0.25, 0.3) is 11.0 Å². The molecule has 1 N–H and O–H groups in total. The van der Waals surface area contributed by atoms with Gasteiger partial charge in [0.15, 0.2) is 5.02 Å². The molecule has 4 rings (SSSR count). The second-order valence-corrected chi connectivity index (χ2v) is 10.4. The average Bonchev–Trinajstić information content (AvgIpc) is 3.14. The molecule has 0 aliphatic heterocycles. The number of imidazole rings is 1. The Morgan fingerprint density at radius 3 is 2.53 bits per heavy atom. The fraction of sp³-hybridized carbons (Fsp3) is 0.217. The number of fused-ring (bicyclic) bond motifs is 1. The Morgan fingerprint density at radius 2 is 1.87 bits per heavy atom. The summed E-state index contributed by atoms with van der Waals surface area (Å²) in [4.78, 5) is 41.9. The summed E-state index contributed by atoms with van der Waals surface area (Å²) < 4.78 is 59.1. The highest BCUT2D eigenvalue weighted by Gasteiger charge is 2.23. The summed E-state index contributed by atoms with van der Waals surface area (Å²) in [5, 5.41) is 8.66. The predicted octanol–water partition coefficient (Wildman–Crippen LogP) is 1.75. The van der Waals surface area contributed by atoms with Crippen molar-refractivity contribution >= 4 is 38.6 Å². The molecule has 0 aliphatic carbocycles. The highest BCUT2D eigenvalue weighted by molar-refractivity contribution is 7.89. The number of aliphatic hydroxyl groups is 1. The van der Waals surface area contributed by atoms with E-state index in [1.165, 1.54) is 24.3 Å². The van der Waals surface area contributed by atoms with Gasteiger partial charge in [-0.2, -0.15) is 3.97 Å². The van der Waals surface area contributed by atoms with Gasteiger partial charge in [-0.05, 0) is 29.8 Å². The Labute approximate surface area is 218 Å². The fourth-order valence-electron chi connectivity index (χ4n) is 3.73. The lowest BCUT2D eigenvalue weighted by molar-refractivity contribution is 0.0876. The van der Waals surface area contributed by atoms with Crippen molar-refractivity contribution in [2.24, 2.45) is 0 Å². The number of hydrogen-bond acceptors (Lipinski definition) is 8. The van der Waals surface area contributed by atoms with E-state index in [4.69, 9.17) is 21.4 Å². The number of nitrogens with zero attached hydrogens (tertiary/aromatic N) is 4. The number of halogens is 3. The monoisotopic (exact) mass is 568 g/mol. The molecule has 0 amide bonds. The van der Waals surface area contributed by atoms with Gasteiger partial charge in [-0.25, -0.2) is 31.5 Å². The van der Waals surface area contributed by atoms with Crippen LogP contribution in [0.2, 0.25) is 5.02 Å². The number of hydrogen-bond donors (Lipinski definition) is 1. The molecule has 0 spiro atoms. The third-order valence-corrected chi connectivity index (χ3v) is 6.79. The van der Waals surface area contributed by atoms with Gasteiger partial charge in [-0.15, -0.1) is 0 Å². The number of ether oxygens (including phenoxy) is 1. The summed E-state index contributed by atoms with van der Waals surface area (Å²) in [6.07, 6.45) is 1.51. The smallest absolute Gasteiger partial charge is 0.349 e. The van der Waals surface area contributed by atoms with Gasteiger partial charge in [-0.1, -0.05) is 17.7 Å². The zero-order chi connectivity index (χ0) is 27.8. The van der Waals surface area contributed by atoms with Crippen LogP contribution in [0.4, 0.5) is 8.78 Å². The molecule has 0 atom stereocenters. The molecule has 0 fully saturated rings. The van der Waals surface area contributed by atoms with Gasteiger partial charge in [-0.3, -0.25) is 14.2 Å². The van der Waals surface area contributed by atoms with Gasteiger partial charge in [0, 0.05) is 11.6 Å². The summed E-state index contributed by atoms with van der Waals surface area (Å²) in [5.41, 5.74) is -1.56. The lowest BCUT2D eigenvalue weighted by Gasteiger charge is -2.11. The van der Waals surface area contributed by atoms with Crippen molar-refractivity contribution < 1.29 is 31.8 Å². The molecule has 38 heavy (non-hydrogen) atoms. The Balaban J connectivity index is 1.67. The largest absolute Gasteiger partial charge is 0.471 e. The summed E-state index contributed by atoms with van der Waals surface area (Å²) in [5.74, 6) is -2.67. The quantitative estimate of drug-likeness (QED) is 0.339. The molecule has 0 unspecified atom stereocenters. The second kappa shape index (κ2) is 10.5. The van der Waals surface area contributed by atoms with Crippen LogP contribution < -0.4 is 16.0 Å². The third-order valence-electron chi connectivity index (χ3n) is 5.45. The van der Waals surface area contributed by atoms with Crippen molar-refractivity contribution in [1.29, 1.82) is 0 Å². The van der Waals surface area contributed by atoms with Crippen LogP contribution in [-0.4, -0.2) is 50.4 Å². The molecular weight excluding hydrogens is 550 g/mol. The van der Waals surface area contributed by atoms with Crippen LogP contribution in [0.1, 0.15) is 22.3 Å². The third kappa shape index (κ3) is 5.23. The molecule has 11 nitrogen and oxygen atoms in total. The van der Waals surface area contributed by atoms with Crippen molar-refractivity contribution in [3.05, 3.63) is 91.3 Å². The van der Waals surface area contributed by atoms with E-state index in [1.807, 2.05) is 0 Å². The van der Waals surface area contributed by atoms with E-state index in [0.717, 1.165) is 23.2 Å². The van der Waals surface area contributed by atoms with Crippen molar-refractivity contribution in [1.82, 2.24) is 18.1 Å². The van der Waals surface area contributed by atoms with Gasteiger partial charge in [0.25, 0.3) is 5.56 Å². The Kier molecular flexibility index (Phi) is 7.49. The van der Waals surface area contributed by atoms with E-state index >= 15 is 0 Å². The minimum atomic E-state index is -4.13. The maximum Gasteiger partial charge on any atom is 0.349 e. The van der Waals surface area contributed by atoms with Crippen LogP contribution in [0.5, 0.6) is 5.88 Å². The molecule has 0 saturated heterocycles. The maximum atomic E-state index is 13.8. The Bertz CT molecular complexity index is 1800. The van der Waals surface area contributed by atoms with Crippen molar-refractivity contribution in [3.8, 4) is 5.88 Å².